The molecule has 4 nitrogen and oxygen atoms in total. The van der Waals surface area contributed by atoms with Gasteiger partial charge in [0.1, 0.15) is 0 Å². The fourth-order valence-corrected chi connectivity index (χ4v) is 0. The molecule has 30 valence electrons. The molecule has 0 unspecified atom stereocenters. The Morgan fingerprint density at radius 3 is 2.00 bits per heavy atom. The van der Waals surface area contributed by atoms with Crippen LogP contribution in [-0.2, 0) is 0 Å². The Kier molecular flexibility index (Phi) is 7.40. The molecular weight excluding hydrogens is 79.0 g/mol. The zero-order valence-electron chi connectivity index (χ0n) is 3.71. The van der Waals surface area contributed by atoms with Gasteiger partial charge in [-0.15, -0.1) is 0 Å². The van der Waals surface area contributed by atoms with Crippen LogP contribution in [0, 0.1) is 10.1 Å². The minimum atomic E-state index is -0.750. The van der Waals surface area contributed by atoms with Crippen LogP contribution < -0.4 is 18.9 Å². The minimum Gasteiger partial charge on any atom is -0.382 e. The van der Waals surface area contributed by atoms with Crippen molar-refractivity contribution in [1.29, 1.82) is 0 Å². The van der Waals surface area contributed by atoms with Crippen molar-refractivity contribution in [3.05, 3.63) is 15.5 Å². The second-order valence-electron chi connectivity index (χ2n) is 0.438. The van der Waals surface area contributed by atoms with Gasteiger partial charge in [0.2, 0.25) is 0 Å². The first-order valence-corrected chi connectivity index (χ1v) is 1.01. The minimum absolute atomic E-state index is 0. The van der Waals surface area contributed by atoms with E-state index in [4.69, 9.17) is 10.1 Å². The predicted molar refractivity (Wildman–Crippen MR) is 16.3 cm³/mol. The van der Waals surface area contributed by atoms with Crippen LogP contribution in [0.3, 0.4) is 0 Å². The van der Waals surface area contributed by atoms with Gasteiger partial charge < -0.3 is 5.43 Å². The Balaban J connectivity index is 0. The average molecular weight is 82.0 g/mol. The molecule has 0 bridgehead atoms. The quantitative estimate of drug-likeness (QED) is 0.195. The van der Waals surface area contributed by atoms with Gasteiger partial charge in [-0.2, -0.15) is 0 Å². The summed E-state index contributed by atoms with van der Waals surface area (Å²) in [5.74, 6) is 0. The molecule has 0 saturated heterocycles. The van der Waals surface area contributed by atoms with Gasteiger partial charge in [-0.1, -0.05) is 7.05 Å². The molecule has 0 saturated carbocycles. The van der Waals surface area contributed by atoms with Gasteiger partial charge in [-0.05, 0) is 5.03 Å². The maximum Gasteiger partial charge on any atom is 1.00 e. The van der Waals surface area contributed by atoms with Crippen molar-refractivity contribution in [2.75, 3.05) is 7.05 Å². The fraction of sp³-hybridized carbons (Fsp3) is 1.00. The van der Waals surface area contributed by atoms with E-state index in [1.165, 1.54) is 0 Å². The van der Waals surface area contributed by atoms with Gasteiger partial charge in [0.15, 0.2) is 0 Å². The van der Waals surface area contributed by atoms with E-state index in [0.29, 0.717) is 0 Å². The third kappa shape index (κ3) is 9.20. The molecule has 0 heterocycles. The van der Waals surface area contributed by atoms with E-state index in [1.54, 1.807) is 0 Å². The Labute approximate surface area is 47.2 Å². The van der Waals surface area contributed by atoms with Gasteiger partial charge in [0, 0.05) is 0 Å². The Morgan fingerprint density at radius 2 is 2.00 bits per heavy atom. The number of hydrogen-bond donors (Lipinski definition) is 0. The summed E-state index contributed by atoms with van der Waals surface area (Å²) >= 11 is 0. The molecule has 0 amide bonds. The van der Waals surface area contributed by atoms with Crippen LogP contribution in [0.5, 0.6) is 0 Å². The summed E-state index contributed by atoms with van der Waals surface area (Å²) in [4.78, 5) is 9.01. The largest absolute Gasteiger partial charge is 1.00 e. The SMILES string of the molecule is C[N-][N+](=O)[O-].[Li+]. The van der Waals surface area contributed by atoms with Crippen molar-refractivity contribution in [2.24, 2.45) is 0 Å². The maximum atomic E-state index is 9.01. The molecule has 0 radical (unpaired) electrons. The fourth-order valence-electron chi connectivity index (χ4n) is 0. The van der Waals surface area contributed by atoms with E-state index in [1.807, 2.05) is 0 Å². The summed E-state index contributed by atoms with van der Waals surface area (Å²) in [5.41, 5.74) is 2.61. The van der Waals surface area contributed by atoms with E-state index in [2.05, 4.69) is 5.43 Å². The molecule has 0 aliphatic rings. The third-order valence-corrected chi connectivity index (χ3v) is 0.163. The molecule has 0 rings (SSSR count). The zero-order chi connectivity index (χ0) is 4.28. The maximum absolute atomic E-state index is 9.01. The van der Waals surface area contributed by atoms with Crippen molar-refractivity contribution in [3.8, 4) is 0 Å². The van der Waals surface area contributed by atoms with E-state index in [9.17, 15) is 0 Å². The van der Waals surface area contributed by atoms with Crippen molar-refractivity contribution < 1.29 is 23.9 Å². The molecular formula is CH3LiN2O2. The molecule has 0 fully saturated rings. The summed E-state index contributed by atoms with van der Waals surface area (Å²) in [6, 6.07) is 0. The third-order valence-electron chi connectivity index (χ3n) is 0.163. The van der Waals surface area contributed by atoms with Gasteiger partial charge in [-0.25, -0.2) is 0 Å². The first-order valence-electron chi connectivity index (χ1n) is 1.01. The molecule has 0 N–H and O–H groups in total. The second kappa shape index (κ2) is 4.80. The van der Waals surface area contributed by atoms with Crippen molar-refractivity contribution in [3.63, 3.8) is 0 Å². The molecule has 0 aliphatic heterocycles. The van der Waals surface area contributed by atoms with Crippen LogP contribution >= 0.6 is 0 Å². The number of nitrogens with zero attached hydrogens (tertiary/aromatic N) is 2. The zero-order valence-corrected chi connectivity index (χ0v) is 3.71. The molecule has 0 aromatic rings. The van der Waals surface area contributed by atoms with Crippen molar-refractivity contribution in [2.45, 2.75) is 0 Å². The molecule has 5 heteroatoms. The number of rotatable bonds is 1. The van der Waals surface area contributed by atoms with E-state index < -0.39 is 5.03 Å². The average Bonchev–Trinajstić information content (AvgIpc) is 1.38. The van der Waals surface area contributed by atoms with Crippen molar-refractivity contribution >= 4 is 0 Å². The summed E-state index contributed by atoms with van der Waals surface area (Å²) in [6.45, 7) is 0. The second-order valence-corrected chi connectivity index (χ2v) is 0.438. The first kappa shape index (κ1) is 9.25. The summed E-state index contributed by atoms with van der Waals surface area (Å²) in [5, 5.41) is 8.26. The van der Waals surface area contributed by atoms with E-state index in [0.717, 1.165) is 7.05 Å². The van der Waals surface area contributed by atoms with E-state index >= 15 is 0 Å². The predicted octanol–water partition coefficient (Wildman–Crippen LogP) is -2.81. The molecule has 0 aromatic carbocycles. The molecule has 0 aromatic heterocycles. The standard InChI is InChI=1S/CH3N2O2.Li/c1-2-3(4)5;/h1H3;/q-1;+1. The Bertz CT molecular complexity index is 46.8. The van der Waals surface area contributed by atoms with Gasteiger partial charge >= 0.3 is 18.9 Å². The monoisotopic (exact) mass is 82.0 g/mol. The van der Waals surface area contributed by atoms with E-state index in [-0.39, 0.29) is 18.9 Å². The first-order chi connectivity index (χ1) is 2.27. The Morgan fingerprint density at radius 1 is 1.83 bits per heavy atom. The van der Waals surface area contributed by atoms with Crippen LogP contribution in [0.1, 0.15) is 0 Å². The summed E-state index contributed by atoms with van der Waals surface area (Å²) < 4.78 is 0. The van der Waals surface area contributed by atoms with Crippen LogP contribution in [0.25, 0.3) is 5.43 Å². The van der Waals surface area contributed by atoms with Crippen molar-refractivity contribution in [1.82, 2.24) is 0 Å². The summed E-state index contributed by atoms with van der Waals surface area (Å²) in [7, 11) is 1.12. The molecule has 0 aliphatic carbocycles. The van der Waals surface area contributed by atoms with Gasteiger partial charge in [0.05, 0.1) is 0 Å². The van der Waals surface area contributed by atoms with Crippen LogP contribution in [0.4, 0.5) is 0 Å². The molecule has 0 spiro atoms. The summed E-state index contributed by atoms with van der Waals surface area (Å²) in [6.07, 6.45) is 0. The molecule has 6 heavy (non-hydrogen) atoms. The van der Waals surface area contributed by atoms with Gasteiger partial charge in [0.25, 0.3) is 0 Å². The molecule has 0 atom stereocenters. The van der Waals surface area contributed by atoms with Gasteiger partial charge in [-0.3, -0.25) is 10.1 Å². The topological polar surface area (TPSA) is 57.2 Å². The smallest absolute Gasteiger partial charge is 0.382 e. The normalized spacial score (nSPS) is 5.50. The van der Waals surface area contributed by atoms with Crippen LogP contribution in [0.15, 0.2) is 0 Å². The number of nitro groups is 1. The number of hydrogen-bond acceptors (Lipinski definition) is 2. The van der Waals surface area contributed by atoms with Crippen LogP contribution in [-0.4, -0.2) is 12.1 Å². The Hall–Kier alpha value is -0.203. The van der Waals surface area contributed by atoms with Crippen LogP contribution in [0.2, 0.25) is 0 Å².